The third kappa shape index (κ3) is 4.15. The molecule has 1 aromatic carbocycles. The van der Waals surface area contributed by atoms with Crippen LogP contribution < -0.4 is 5.32 Å². The Morgan fingerprint density at radius 2 is 1.75 bits per heavy atom. The van der Waals surface area contributed by atoms with Crippen LogP contribution in [0.25, 0.3) is 0 Å². The topological polar surface area (TPSA) is 45.1 Å². The maximum atomic E-state index is 10.2. The summed E-state index contributed by atoms with van der Waals surface area (Å²) >= 11 is 0. The Labute approximate surface area is 120 Å². The van der Waals surface area contributed by atoms with Crippen LogP contribution >= 0.6 is 0 Å². The highest BCUT2D eigenvalue weighted by molar-refractivity contribution is 5.19. The van der Waals surface area contributed by atoms with E-state index in [0.29, 0.717) is 6.54 Å². The Hall–Kier alpha value is -1.71. The lowest BCUT2D eigenvalue weighted by molar-refractivity contribution is 0.169. The summed E-state index contributed by atoms with van der Waals surface area (Å²) in [5.74, 6) is 0. The fourth-order valence-corrected chi connectivity index (χ4v) is 2.32. The first-order chi connectivity index (χ1) is 9.81. The van der Waals surface area contributed by atoms with Crippen LogP contribution in [-0.4, -0.2) is 16.6 Å². The lowest BCUT2D eigenvalue weighted by atomic mass is 10.0. The second kappa shape index (κ2) is 7.78. The quantitative estimate of drug-likeness (QED) is 0.812. The van der Waals surface area contributed by atoms with Crippen molar-refractivity contribution in [2.24, 2.45) is 0 Å². The van der Waals surface area contributed by atoms with Gasteiger partial charge >= 0.3 is 0 Å². The maximum absolute atomic E-state index is 10.2. The molecule has 2 atom stereocenters. The van der Waals surface area contributed by atoms with Gasteiger partial charge < -0.3 is 10.4 Å². The molecule has 106 valence electrons. The molecule has 3 nitrogen and oxygen atoms in total. The largest absolute Gasteiger partial charge is 0.387 e. The van der Waals surface area contributed by atoms with Gasteiger partial charge in [-0.15, -0.1) is 0 Å². The van der Waals surface area contributed by atoms with E-state index in [0.717, 1.165) is 18.4 Å². The average Bonchev–Trinajstić information content (AvgIpc) is 2.53. The third-order valence-corrected chi connectivity index (χ3v) is 3.43. The molecule has 2 unspecified atom stereocenters. The number of aliphatic hydroxyl groups is 1. The van der Waals surface area contributed by atoms with Crippen LogP contribution in [0.1, 0.15) is 43.0 Å². The van der Waals surface area contributed by atoms with Gasteiger partial charge in [0, 0.05) is 25.0 Å². The first kappa shape index (κ1) is 14.7. The number of hydrogen-bond acceptors (Lipinski definition) is 3. The van der Waals surface area contributed by atoms with Gasteiger partial charge in [-0.3, -0.25) is 4.98 Å². The highest BCUT2D eigenvalue weighted by atomic mass is 16.3. The van der Waals surface area contributed by atoms with Crippen LogP contribution in [0.4, 0.5) is 0 Å². The Morgan fingerprint density at radius 3 is 2.40 bits per heavy atom. The van der Waals surface area contributed by atoms with Crippen LogP contribution in [0.2, 0.25) is 0 Å². The first-order valence-electron chi connectivity index (χ1n) is 7.17. The summed E-state index contributed by atoms with van der Waals surface area (Å²) in [6.45, 7) is 2.72. The van der Waals surface area contributed by atoms with E-state index >= 15 is 0 Å². The van der Waals surface area contributed by atoms with E-state index in [4.69, 9.17) is 0 Å². The predicted octanol–water partition coefficient (Wildman–Crippen LogP) is 3.25. The number of aromatic nitrogens is 1. The zero-order chi connectivity index (χ0) is 14.2. The summed E-state index contributed by atoms with van der Waals surface area (Å²) < 4.78 is 0. The highest BCUT2D eigenvalue weighted by Crippen LogP contribution is 2.19. The standard InChI is InChI=1S/C17H22N2O/c1-2-6-16(14-7-4-3-5-8-14)19-13-17(20)15-9-11-18-12-10-15/h3-5,7-12,16-17,19-20H,2,6,13H2,1H3. The summed E-state index contributed by atoms with van der Waals surface area (Å²) in [5, 5.41) is 13.7. The van der Waals surface area contributed by atoms with Crippen molar-refractivity contribution < 1.29 is 5.11 Å². The van der Waals surface area contributed by atoms with Crippen molar-refractivity contribution in [1.82, 2.24) is 10.3 Å². The van der Waals surface area contributed by atoms with E-state index < -0.39 is 6.10 Å². The molecule has 1 aromatic heterocycles. The minimum atomic E-state index is -0.499. The fourth-order valence-electron chi connectivity index (χ4n) is 2.32. The molecule has 0 spiro atoms. The summed E-state index contributed by atoms with van der Waals surface area (Å²) in [5.41, 5.74) is 2.17. The van der Waals surface area contributed by atoms with E-state index in [9.17, 15) is 5.11 Å². The van der Waals surface area contributed by atoms with E-state index in [2.05, 4.69) is 41.5 Å². The number of hydrogen-bond donors (Lipinski definition) is 2. The molecule has 1 heterocycles. The molecule has 2 aromatic rings. The zero-order valence-corrected chi connectivity index (χ0v) is 11.9. The van der Waals surface area contributed by atoms with Crippen LogP contribution in [-0.2, 0) is 0 Å². The van der Waals surface area contributed by atoms with Gasteiger partial charge in [0.1, 0.15) is 0 Å². The molecule has 0 aliphatic heterocycles. The summed E-state index contributed by atoms with van der Waals surface area (Å²) in [7, 11) is 0. The normalized spacial score (nSPS) is 13.9. The van der Waals surface area contributed by atoms with Gasteiger partial charge in [-0.05, 0) is 29.7 Å². The molecular weight excluding hydrogens is 248 g/mol. The van der Waals surface area contributed by atoms with Crippen molar-refractivity contribution in [1.29, 1.82) is 0 Å². The lowest BCUT2D eigenvalue weighted by Gasteiger charge is -2.21. The number of aliphatic hydroxyl groups excluding tert-OH is 1. The molecule has 0 saturated heterocycles. The van der Waals surface area contributed by atoms with Gasteiger partial charge in [-0.25, -0.2) is 0 Å². The summed E-state index contributed by atoms with van der Waals surface area (Å²) in [4.78, 5) is 3.97. The van der Waals surface area contributed by atoms with Crippen molar-refractivity contribution in [2.75, 3.05) is 6.54 Å². The van der Waals surface area contributed by atoms with Crippen molar-refractivity contribution in [3.8, 4) is 0 Å². The van der Waals surface area contributed by atoms with Gasteiger partial charge in [0.05, 0.1) is 6.10 Å². The van der Waals surface area contributed by atoms with Crippen LogP contribution in [0.5, 0.6) is 0 Å². The third-order valence-electron chi connectivity index (χ3n) is 3.43. The number of nitrogens with zero attached hydrogens (tertiary/aromatic N) is 1. The fraction of sp³-hybridized carbons (Fsp3) is 0.353. The number of pyridine rings is 1. The molecule has 0 bridgehead atoms. The van der Waals surface area contributed by atoms with Gasteiger partial charge in [0.15, 0.2) is 0 Å². The minimum Gasteiger partial charge on any atom is -0.387 e. The molecule has 3 heteroatoms. The Morgan fingerprint density at radius 1 is 1.05 bits per heavy atom. The smallest absolute Gasteiger partial charge is 0.0915 e. The van der Waals surface area contributed by atoms with Gasteiger partial charge in [0.25, 0.3) is 0 Å². The van der Waals surface area contributed by atoms with E-state index in [1.54, 1.807) is 12.4 Å². The lowest BCUT2D eigenvalue weighted by Crippen LogP contribution is -2.26. The van der Waals surface area contributed by atoms with Gasteiger partial charge in [0.2, 0.25) is 0 Å². The molecule has 2 rings (SSSR count). The zero-order valence-electron chi connectivity index (χ0n) is 11.9. The van der Waals surface area contributed by atoms with Gasteiger partial charge in [-0.2, -0.15) is 0 Å². The second-order valence-corrected chi connectivity index (χ2v) is 4.96. The summed E-state index contributed by atoms with van der Waals surface area (Å²) in [6, 6.07) is 14.4. The van der Waals surface area contributed by atoms with Crippen LogP contribution in [0.3, 0.4) is 0 Å². The average molecular weight is 270 g/mol. The number of rotatable bonds is 7. The second-order valence-electron chi connectivity index (χ2n) is 4.96. The first-order valence-corrected chi connectivity index (χ1v) is 7.17. The van der Waals surface area contributed by atoms with E-state index in [1.807, 2.05) is 18.2 Å². The Bertz CT molecular complexity index is 487. The van der Waals surface area contributed by atoms with Crippen LogP contribution in [0.15, 0.2) is 54.9 Å². The molecule has 0 radical (unpaired) electrons. The highest BCUT2D eigenvalue weighted by Gasteiger charge is 2.13. The predicted molar refractivity (Wildman–Crippen MR) is 81.3 cm³/mol. The van der Waals surface area contributed by atoms with E-state index in [-0.39, 0.29) is 6.04 Å². The van der Waals surface area contributed by atoms with Crippen LogP contribution in [0, 0.1) is 0 Å². The Balaban J connectivity index is 1.96. The molecule has 0 aliphatic carbocycles. The maximum Gasteiger partial charge on any atom is 0.0915 e. The molecule has 2 N–H and O–H groups in total. The minimum absolute atomic E-state index is 0.290. The number of benzene rings is 1. The Kier molecular flexibility index (Phi) is 5.71. The molecule has 0 saturated carbocycles. The molecule has 0 fully saturated rings. The molecule has 0 amide bonds. The van der Waals surface area contributed by atoms with Crippen molar-refractivity contribution >= 4 is 0 Å². The molecular formula is C17H22N2O. The summed E-state index contributed by atoms with van der Waals surface area (Å²) in [6.07, 6.45) is 5.09. The van der Waals surface area contributed by atoms with Crippen molar-refractivity contribution in [2.45, 2.75) is 31.9 Å². The van der Waals surface area contributed by atoms with Crippen molar-refractivity contribution in [3.63, 3.8) is 0 Å². The van der Waals surface area contributed by atoms with E-state index in [1.165, 1.54) is 5.56 Å². The number of nitrogens with one attached hydrogen (secondary N) is 1. The van der Waals surface area contributed by atoms with Gasteiger partial charge in [-0.1, -0.05) is 43.7 Å². The SMILES string of the molecule is CCCC(NCC(O)c1ccncc1)c1ccccc1. The van der Waals surface area contributed by atoms with Crippen molar-refractivity contribution in [3.05, 3.63) is 66.0 Å². The monoisotopic (exact) mass is 270 g/mol. The molecule has 0 aliphatic rings. The molecule has 20 heavy (non-hydrogen) atoms.